The minimum Gasteiger partial charge on any atom is -0.508 e. The predicted octanol–water partition coefficient (Wildman–Crippen LogP) is 2.82. The molecule has 1 aliphatic heterocycles. The van der Waals surface area contributed by atoms with Gasteiger partial charge in [0, 0.05) is 102 Å². The summed E-state index contributed by atoms with van der Waals surface area (Å²) in [5.74, 6) is -29.7. The number of amides is 9. The molecular formula is C93H134N10O28S. The number of carboxylic acid groups (broad SMARTS) is 3. The molecule has 3 aromatic carbocycles. The number of phenols is 2. The molecule has 4 rings (SSSR count). The van der Waals surface area contributed by atoms with E-state index in [1.165, 1.54) is 48.5 Å². The van der Waals surface area contributed by atoms with E-state index in [-0.39, 0.29) is 90.9 Å². The third-order valence-corrected chi connectivity index (χ3v) is 24.2. The molecule has 0 radical (unpaired) electrons. The predicted molar refractivity (Wildman–Crippen MR) is 482 cm³/mol. The van der Waals surface area contributed by atoms with Crippen molar-refractivity contribution >= 4 is 123 Å². The molecule has 0 unspecified atom stereocenters. The lowest BCUT2D eigenvalue weighted by atomic mass is 9.85. The number of thioether (sulfide) groups is 1. The second kappa shape index (κ2) is 58.6. The van der Waals surface area contributed by atoms with Gasteiger partial charge >= 0.3 is 23.9 Å². The summed E-state index contributed by atoms with van der Waals surface area (Å²) in [5.41, 5.74) is 6.78. The fourth-order valence-electron chi connectivity index (χ4n) is 15.2. The lowest BCUT2D eigenvalue weighted by Crippen LogP contribution is -2.52. The van der Waals surface area contributed by atoms with E-state index in [2.05, 4.69) is 37.2 Å². The fraction of sp³-hybridized carbons (Fsp3) is 0.602. The molecule has 1 heterocycles. The Bertz CT molecular complexity index is 4380. The van der Waals surface area contributed by atoms with Crippen molar-refractivity contribution < 1.29 is 137 Å². The summed E-state index contributed by atoms with van der Waals surface area (Å²) in [4.78, 5) is 263. The highest BCUT2D eigenvalue weighted by Gasteiger charge is 2.41. The van der Waals surface area contributed by atoms with Gasteiger partial charge in [-0.2, -0.15) is 0 Å². The van der Waals surface area contributed by atoms with Crippen molar-refractivity contribution in [1.29, 1.82) is 0 Å². The Labute approximate surface area is 772 Å². The van der Waals surface area contributed by atoms with Gasteiger partial charge in [-0.05, 0) is 138 Å². The number of rotatable bonds is 67. The molecule has 1 saturated heterocycles. The first kappa shape index (κ1) is 113. The van der Waals surface area contributed by atoms with Crippen molar-refractivity contribution in [2.24, 2.45) is 59.0 Å². The molecule has 38 nitrogen and oxygen atoms in total. The molecular weight excluding hydrogens is 1740 g/mol. The number of ketones is 8. The number of carboxylic acids is 3. The number of nitrogens with one attached hydrogen (secondary N) is 7. The van der Waals surface area contributed by atoms with Crippen LogP contribution in [0.2, 0.25) is 0 Å². The highest BCUT2D eigenvalue weighted by atomic mass is 32.2. The van der Waals surface area contributed by atoms with Crippen LogP contribution in [-0.2, 0) is 106 Å². The van der Waals surface area contributed by atoms with E-state index in [1.54, 1.807) is 81.8 Å². The van der Waals surface area contributed by atoms with Crippen molar-refractivity contribution in [3.8, 4) is 11.5 Å². The van der Waals surface area contributed by atoms with E-state index >= 15 is 0 Å². The Kier molecular flexibility index (Phi) is 50.2. The molecule has 1 fully saturated rings. The minimum atomic E-state index is -1.99. The van der Waals surface area contributed by atoms with E-state index < -0.39 is 280 Å². The number of aliphatic carboxylic acids is 3. The molecule has 132 heavy (non-hydrogen) atoms. The first-order valence-corrected chi connectivity index (χ1v) is 45.9. The molecule has 16 atom stereocenters. The van der Waals surface area contributed by atoms with Crippen LogP contribution in [0.5, 0.6) is 11.5 Å². The number of unbranched alkanes of at least 4 members (excludes halogenated alkanes) is 1. The van der Waals surface area contributed by atoms with Crippen LogP contribution in [0.15, 0.2) is 78.9 Å². The van der Waals surface area contributed by atoms with Gasteiger partial charge in [0.2, 0.25) is 41.4 Å². The number of nitrogens with zero attached hydrogens (tertiary/aromatic N) is 2. The standard InChI is InChI=1S/C93H134N10O28S/c1-9-54(4)85(81(117)42-62(36-59-21-26-66(108)27-22-59)88(126)97-73(35-53(2)3)77(113)40-63(44-83(120)121)87(125)96-55(5)17-13-14-31-94)101-90(128)65(49-104)43-78(114)74(38-60-23-28-67(109)29-24-60)98-89(127)64(45-84(122)123)41-79(115)76(50-105)100-92(130)72(57(7)107)47-80(116)75(37-58-18-11-10-12-19-58)99-91(129)71(56(6)106)46-69(111)48-95-86(124)61(25-30-82(118)119)39-70(112)52-132-51-68(110)20-15-33-103-34-16-32-102(8)93(103)131/h10-12,18-19,21-24,26-29,53-57,61-65,71-76,85,104-109H,9,13-17,20,25,30-52,94H2,1-8H3,(H,95,124)(H,96,125)(H,97,126)(H,98,127)(H,99,129)(H,100,130)(H,101,128)(H,118,119)(H,120,121)(H,122,123)/t54-,55+,56+,57+,61+,62+,63-,64-,65-,71-,72-,73-,74-,75-,76-,85-/m0/s1. The zero-order valence-electron chi connectivity index (χ0n) is 76.4. The van der Waals surface area contributed by atoms with Crippen molar-refractivity contribution in [2.75, 3.05) is 64.5 Å². The largest absolute Gasteiger partial charge is 0.508 e. The summed E-state index contributed by atoms with van der Waals surface area (Å²) in [6, 6.07) is 10.3. The highest BCUT2D eigenvalue weighted by molar-refractivity contribution is 8.00. The Morgan fingerprint density at radius 3 is 1.45 bits per heavy atom. The quantitative estimate of drug-likeness (QED) is 0.0361. The third-order valence-electron chi connectivity index (χ3n) is 23.1. The normalized spacial score (nSPS) is 15.8. The molecule has 0 spiro atoms. The average molecular weight is 1870 g/mol. The van der Waals surface area contributed by atoms with Gasteiger partial charge < -0.3 is 98.7 Å². The van der Waals surface area contributed by atoms with Crippen molar-refractivity contribution in [1.82, 2.24) is 47.0 Å². The van der Waals surface area contributed by atoms with Gasteiger partial charge in [-0.1, -0.05) is 95.1 Å². The average Bonchev–Trinajstić information content (AvgIpc) is 0.834. The minimum absolute atomic E-state index is 0.0257. The number of benzene rings is 3. The van der Waals surface area contributed by atoms with E-state index in [0.29, 0.717) is 63.0 Å². The molecule has 9 amide bonds. The van der Waals surface area contributed by atoms with E-state index in [4.69, 9.17) is 5.73 Å². The van der Waals surface area contributed by atoms with Gasteiger partial charge in [-0.15, -0.1) is 11.8 Å². The molecule has 0 aromatic heterocycles. The zero-order valence-corrected chi connectivity index (χ0v) is 77.2. The van der Waals surface area contributed by atoms with Gasteiger partial charge in [0.05, 0.1) is 110 Å². The van der Waals surface area contributed by atoms with Crippen LogP contribution < -0.4 is 43.0 Å². The van der Waals surface area contributed by atoms with Crippen LogP contribution in [0.3, 0.4) is 0 Å². The number of carbonyl (C=O) groups excluding carboxylic acids is 16. The molecule has 0 saturated carbocycles. The number of carbonyl (C=O) groups is 19. The SMILES string of the molecule is CC[C@H](C)[C@H](NC(=O)[C@H](CO)CC(=O)[C@H](Cc1ccc(O)cc1)NC(=O)[C@H](CC(=O)O)CC(=O)[C@H](CO)NC(=O)[C@@H](CC(=O)[C@H](Cc1ccccc1)NC(=O)[C@@H](CC(=O)CNC(=O)[C@H](CCC(=O)O)CC(=O)CSCC(=O)CCCN1CCCN(C)C1=O)[C@@H](C)O)[C@@H](C)O)C(=O)C[C@@H](Cc1ccc(O)cc1)C(=O)N[C@@H](CC(C)C)C(=O)C[C@@H](CC(=O)O)C(=O)N[C@H](C)CCCCN. The number of nitrogens with two attached hydrogens (primary N) is 1. The number of Topliss-reactive ketones (excluding diaryl/α,β-unsaturated/α-hetero) is 8. The second-order valence-electron chi connectivity index (χ2n) is 34.8. The first-order valence-electron chi connectivity index (χ1n) is 44.8. The maximum Gasteiger partial charge on any atom is 0.319 e. The van der Waals surface area contributed by atoms with Gasteiger partial charge in [0.15, 0.2) is 34.7 Å². The Hall–Kier alpha value is -11.3. The lowest BCUT2D eigenvalue weighted by Gasteiger charge is -2.33. The van der Waals surface area contributed by atoms with E-state index in [9.17, 15) is 137 Å². The van der Waals surface area contributed by atoms with Gasteiger partial charge in [0.1, 0.15) is 29.1 Å². The lowest BCUT2D eigenvalue weighted by molar-refractivity contribution is -0.143. The van der Waals surface area contributed by atoms with E-state index in [1.807, 2.05) is 0 Å². The Balaban J connectivity index is 1.52. The first-order chi connectivity index (χ1) is 62.4. The van der Waals surface area contributed by atoms with Crippen LogP contribution >= 0.6 is 11.8 Å². The topological polar surface area (TPSA) is 623 Å². The molecule has 18 N–H and O–H groups in total. The summed E-state index contributed by atoms with van der Waals surface area (Å²) in [5, 5.41) is 111. The van der Waals surface area contributed by atoms with Crippen LogP contribution in [0.25, 0.3) is 0 Å². The van der Waals surface area contributed by atoms with Crippen LogP contribution in [0.4, 0.5) is 4.79 Å². The fourth-order valence-corrected chi connectivity index (χ4v) is 16.0. The number of aromatic hydroxyl groups is 2. The maximum absolute atomic E-state index is 14.9. The number of phenolic OH excluding ortho intramolecular Hbond substituents is 2. The molecule has 0 aliphatic carbocycles. The monoisotopic (exact) mass is 1870 g/mol. The van der Waals surface area contributed by atoms with Gasteiger partial charge in [-0.3, -0.25) is 86.3 Å². The molecule has 0 bridgehead atoms. The molecule has 1 aliphatic rings. The number of urea groups is 1. The van der Waals surface area contributed by atoms with Crippen molar-refractivity contribution in [3.05, 3.63) is 95.6 Å². The summed E-state index contributed by atoms with van der Waals surface area (Å²) >= 11 is 1.00. The maximum atomic E-state index is 14.9. The van der Waals surface area contributed by atoms with Crippen LogP contribution in [-0.4, -0.2) is 280 Å². The summed E-state index contributed by atoms with van der Waals surface area (Å²) in [6.45, 7) is 9.78. The smallest absolute Gasteiger partial charge is 0.319 e. The zero-order chi connectivity index (χ0) is 98.6. The summed E-state index contributed by atoms with van der Waals surface area (Å²) < 4.78 is 0. The number of aliphatic hydroxyl groups excluding tert-OH is 4. The van der Waals surface area contributed by atoms with Gasteiger partial charge in [0.25, 0.3) is 0 Å². The van der Waals surface area contributed by atoms with Crippen molar-refractivity contribution in [2.45, 2.75) is 238 Å². The summed E-state index contributed by atoms with van der Waals surface area (Å²) in [6.07, 6.45) is -8.71. The van der Waals surface area contributed by atoms with Gasteiger partial charge in [-0.25, -0.2) is 4.79 Å². The highest BCUT2D eigenvalue weighted by Crippen LogP contribution is 2.27. The molecule has 730 valence electrons. The number of hydrogen-bond donors (Lipinski definition) is 17. The third kappa shape index (κ3) is 41.3. The van der Waals surface area contributed by atoms with Crippen LogP contribution in [0.1, 0.15) is 187 Å². The molecule has 39 heteroatoms. The van der Waals surface area contributed by atoms with Crippen molar-refractivity contribution in [3.63, 3.8) is 0 Å². The Morgan fingerprint density at radius 1 is 0.447 bits per heavy atom. The van der Waals surface area contributed by atoms with E-state index in [0.717, 1.165) is 32.0 Å². The number of hydrogen-bond acceptors (Lipinski definition) is 27. The molecule has 3 aromatic rings. The second-order valence-corrected chi connectivity index (χ2v) is 35.8. The summed E-state index contributed by atoms with van der Waals surface area (Å²) in [7, 11) is 1.69. The Morgan fingerprint density at radius 2 is 0.924 bits per heavy atom. The van der Waals surface area contributed by atoms with Crippen LogP contribution in [0, 0.1) is 53.3 Å². The number of aliphatic hydroxyl groups is 4.